The van der Waals surface area contributed by atoms with E-state index in [9.17, 15) is 4.79 Å². The number of hydrogen-bond acceptors (Lipinski definition) is 3. The second-order valence-corrected chi connectivity index (χ2v) is 7.05. The molecule has 3 aromatic carbocycles. The predicted molar refractivity (Wildman–Crippen MR) is 113 cm³/mol. The lowest BCUT2D eigenvalue weighted by Crippen LogP contribution is -2.43. The van der Waals surface area contributed by atoms with E-state index in [2.05, 4.69) is 36.5 Å². The van der Waals surface area contributed by atoms with Crippen molar-refractivity contribution in [3.63, 3.8) is 0 Å². The van der Waals surface area contributed by atoms with Crippen LogP contribution in [0.4, 0.5) is 11.5 Å². The van der Waals surface area contributed by atoms with Crippen LogP contribution in [0, 0.1) is 6.92 Å². The number of pyridine rings is 1. The third-order valence-electron chi connectivity index (χ3n) is 5.13. The average Bonchev–Trinajstić information content (AvgIpc) is 2.74. The summed E-state index contributed by atoms with van der Waals surface area (Å²) in [5.41, 5.74) is 4.51. The van der Waals surface area contributed by atoms with E-state index in [1.54, 1.807) is 0 Å². The zero-order valence-corrected chi connectivity index (χ0v) is 15.5. The first kappa shape index (κ1) is 16.5. The van der Waals surface area contributed by atoms with Crippen LogP contribution in [0.25, 0.3) is 10.9 Å². The summed E-state index contributed by atoms with van der Waals surface area (Å²) in [6, 6.07) is 27.8. The number of aromatic nitrogens is 1. The molecule has 5 rings (SSSR count). The highest BCUT2D eigenvalue weighted by molar-refractivity contribution is 6.13. The average molecular weight is 365 g/mol. The van der Waals surface area contributed by atoms with Gasteiger partial charge in [-0.15, -0.1) is 0 Å². The molecule has 1 N–H and O–H groups in total. The van der Waals surface area contributed by atoms with E-state index >= 15 is 0 Å². The van der Waals surface area contributed by atoms with Crippen molar-refractivity contribution in [1.29, 1.82) is 0 Å². The van der Waals surface area contributed by atoms with E-state index in [0.29, 0.717) is 11.4 Å². The molecular formula is C24H19N3O. The lowest BCUT2D eigenvalue weighted by molar-refractivity contribution is 0.0974. The SMILES string of the molecule is Cc1ccc([C@H]2Nc3nc4ccccc4cc3C(=O)N2c2ccccc2)cc1. The Morgan fingerprint density at radius 3 is 2.39 bits per heavy atom. The van der Waals surface area contributed by atoms with Crippen LogP contribution in [-0.4, -0.2) is 10.9 Å². The zero-order chi connectivity index (χ0) is 19.1. The fourth-order valence-corrected chi connectivity index (χ4v) is 3.67. The molecule has 0 saturated carbocycles. The molecule has 1 aliphatic heterocycles. The van der Waals surface area contributed by atoms with Crippen molar-refractivity contribution >= 4 is 28.3 Å². The molecule has 1 aliphatic rings. The largest absolute Gasteiger partial charge is 0.345 e. The Balaban J connectivity index is 1.70. The monoisotopic (exact) mass is 365 g/mol. The standard InChI is InChI=1S/C24H19N3O/c1-16-11-13-17(14-12-16)23-26-22-20(15-18-7-5-6-10-21(18)25-22)24(28)27(23)19-8-3-2-4-9-19/h2-15,23H,1H3,(H,25,26)/t23-/m0/s1. The number of carbonyl (C=O) groups excluding carboxylic acids is 1. The van der Waals surface area contributed by atoms with E-state index in [1.807, 2.05) is 65.6 Å². The van der Waals surface area contributed by atoms with Crippen molar-refractivity contribution in [1.82, 2.24) is 4.98 Å². The van der Waals surface area contributed by atoms with Gasteiger partial charge < -0.3 is 5.32 Å². The Bertz CT molecular complexity index is 1170. The molecule has 1 amide bonds. The fourth-order valence-electron chi connectivity index (χ4n) is 3.67. The summed E-state index contributed by atoms with van der Waals surface area (Å²) in [6.07, 6.45) is -0.323. The molecule has 0 radical (unpaired) electrons. The second kappa shape index (κ2) is 6.50. The van der Waals surface area contributed by atoms with Gasteiger partial charge in [-0.25, -0.2) is 4.98 Å². The van der Waals surface area contributed by atoms with E-state index in [0.717, 1.165) is 22.2 Å². The third-order valence-corrected chi connectivity index (χ3v) is 5.13. The molecule has 1 atom stereocenters. The van der Waals surface area contributed by atoms with E-state index in [4.69, 9.17) is 4.98 Å². The molecule has 4 heteroatoms. The van der Waals surface area contributed by atoms with Gasteiger partial charge in [0.15, 0.2) is 0 Å². The maximum Gasteiger partial charge on any atom is 0.264 e. The normalized spacial score (nSPS) is 16.0. The molecule has 28 heavy (non-hydrogen) atoms. The van der Waals surface area contributed by atoms with Gasteiger partial charge in [0.1, 0.15) is 12.0 Å². The van der Waals surface area contributed by atoms with Gasteiger partial charge in [0.2, 0.25) is 0 Å². The maximum atomic E-state index is 13.6. The van der Waals surface area contributed by atoms with Crippen molar-refractivity contribution in [2.45, 2.75) is 13.1 Å². The van der Waals surface area contributed by atoms with Crippen molar-refractivity contribution in [3.8, 4) is 0 Å². The number of rotatable bonds is 2. The Hall–Kier alpha value is -3.66. The fraction of sp³-hybridized carbons (Fsp3) is 0.0833. The van der Waals surface area contributed by atoms with Gasteiger partial charge in [-0.05, 0) is 36.8 Å². The second-order valence-electron chi connectivity index (χ2n) is 7.05. The van der Waals surface area contributed by atoms with Crippen molar-refractivity contribution in [2.24, 2.45) is 0 Å². The molecule has 0 saturated heterocycles. The Morgan fingerprint density at radius 2 is 1.61 bits per heavy atom. The summed E-state index contributed by atoms with van der Waals surface area (Å²) in [4.78, 5) is 20.1. The van der Waals surface area contributed by atoms with Crippen molar-refractivity contribution < 1.29 is 4.79 Å². The lowest BCUT2D eigenvalue weighted by Gasteiger charge is -2.37. The molecule has 0 bridgehead atoms. The van der Waals surface area contributed by atoms with Gasteiger partial charge >= 0.3 is 0 Å². The molecule has 136 valence electrons. The molecule has 1 aromatic heterocycles. The number of aryl methyl sites for hydroxylation is 1. The summed E-state index contributed by atoms with van der Waals surface area (Å²) < 4.78 is 0. The van der Waals surface area contributed by atoms with Gasteiger partial charge in [0, 0.05) is 11.1 Å². The summed E-state index contributed by atoms with van der Waals surface area (Å²) in [5.74, 6) is 0.574. The summed E-state index contributed by atoms with van der Waals surface area (Å²) in [6.45, 7) is 2.06. The van der Waals surface area contributed by atoms with Gasteiger partial charge in [-0.1, -0.05) is 66.2 Å². The highest BCUT2D eigenvalue weighted by Crippen LogP contribution is 2.36. The van der Waals surface area contributed by atoms with E-state index < -0.39 is 0 Å². The van der Waals surface area contributed by atoms with Crippen LogP contribution < -0.4 is 10.2 Å². The number of hydrogen-bond donors (Lipinski definition) is 1. The Morgan fingerprint density at radius 1 is 0.893 bits per heavy atom. The van der Waals surface area contributed by atoms with Crippen LogP contribution >= 0.6 is 0 Å². The van der Waals surface area contributed by atoms with Crippen LogP contribution in [0.5, 0.6) is 0 Å². The number of anilines is 2. The molecule has 4 nitrogen and oxygen atoms in total. The third kappa shape index (κ3) is 2.70. The number of benzene rings is 3. The van der Waals surface area contributed by atoms with Gasteiger partial charge in [0.05, 0.1) is 11.1 Å². The summed E-state index contributed by atoms with van der Waals surface area (Å²) in [5, 5.41) is 4.45. The van der Waals surface area contributed by atoms with Crippen molar-refractivity contribution in [2.75, 3.05) is 10.2 Å². The van der Waals surface area contributed by atoms with Gasteiger partial charge in [-0.3, -0.25) is 9.69 Å². The highest BCUT2D eigenvalue weighted by atomic mass is 16.2. The number of fused-ring (bicyclic) bond motifs is 2. The summed E-state index contributed by atoms with van der Waals surface area (Å²) >= 11 is 0. The van der Waals surface area contributed by atoms with Crippen LogP contribution in [0.15, 0.2) is 84.9 Å². The van der Waals surface area contributed by atoms with Crippen LogP contribution in [0.3, 0.4) is 0 Å². The minimum absolute atomic E-state index is 0.0521. The number of amides is 1. The first-order valence-electron chi connectivity index (χ1n) is 9.32. The van der Waals surface area contributed by atoms with Gasteiger partial charge in [0.25, 0.3) is 5.91 Å². The maximum absolute atomic E-state index is 13.6. The van der Waals surface area contributed by atoms with Crippen LogP contribution in [-0.2, 0) is 0 Å². The van der Waals surface area contributed by atoms with Gasteiger partial charge in [-0.2, -0.15) is 0 Å². The molecule has 4 aromatic rings. The topological polar surface area (TPSA) is 45.2 Å². The smallest absolute Gasteiger partial charge is 0.264 e. The first-order valence-corrected chi connectivity index (χ1v) is 9.32. The van der Waals surface area contributed by atoms with Crippen molar-refractivity contribution in [3.05, 3.63) is 102 Å². The Kier molecular flexibility index (Phi) is 3.83. The number of nitrogens with one attached hydrogen (secondary N) is 1. The highest BCUT2D eigenvalue weighted by Gasteiger charge is 2.35. The zero-order valence-electron chi connectivity index (χ0n) is 15.5. The number of para-hydroxylation sites is 2. The minimum Gasteiger partial charge on any atom is -0.345 e. The Labute approximate surface area is 163 Å². The minimum atomic E-state index is -0.323. The molecule has 0 spiro atoms. The quantitative estimate of drug-likeness (QED) is 0.523. The first-order chi connectivity index (χ1) is 13.7. The number of carbonyl (C=O) groups is 1. The molecule has 0 fully saturated rings. The molecule has 2 heterocycles. The van der Waals surface area contributed by atoms with E-state index in [1.165, 1.54) is 5.56 Å². The number of nitrogens with zero attached hydrogens (tertiary/aromatic N) is 2. The summed E-state index contributed by atoms with van der Waals surface area (Å²) in [7, 11) is 0. The molecule has 0 aliphatic carbocycles. The molecular weight excluding hydrogens is 346 g/mol. The van der Waals surface area contributed by atoms with E-state index in [-0.39, 0.29) is 12.1 Å². The molecule has 0 unspecified atom stereocenters. The predicted octanol–water partition coefficient (Wildman–Crippen LogP) is 5.31. The van der Waals surface area contributed by atoms with Crippen LogP contribution in [0.2, 0.25) is 0 Å². The van der Waals surface area contributed by atoms with Crippen LogP contribution in [0.1, 0.15) is 27.7 Å². The lowest BCUT2D eigenvalue weighted by atomic mass is 10.0.